The lowest BCUT2D eigenvalue weighted by molar-refractivity contribution is -0.141. The molecule has 0 amide bonds. The Balaban J connectivity index is 3.26. The van der Waals surface area contributed by atoms with Crippen molar-refractivity contribution >= 4 is 5.97 Å². The Labute approximate surface area is 66.6 Å². The number of hydrogen-bond donors (Lipinski definition) is 0. The molecule has 11 heavy (non-hydrogen) atoms. The maximum atomic E-state index is 10.6. The zero-order valence-corrected chi connectivity index (χ0v) is 6.83. The molecule has 4 nitrogen and oxygen atoms in total. The van der Waals surface area contributed by atoms with Crippen LogP contribution >= 0.6 is 0 Å². The predicted molar refractivity (Wildman–Crippen MR) is 41.0 cm³/mol. The lowest BCUT2D eigenvalue weighted by Gasteiger charge is -2.07. The summed E-state index contributed by atoms with van der Waals surface area (Å²) < 4.78 is 4.70. The molecule has 0 aromatic carbocycles. The van der Waals surface area contributed by atoms with Crippen molar-refractivity contribution in [2.24, 2.45) is 0 Å². The van der Waals surface area contributed by atoms with Gasteiger partial charge in [0.1, 0.15) is 6.61 Å². The van der Waals surface area contributed by atoms with Crippen LogP contribution in [0.4, 0.5) is 0 Å². The van der Waals surface area contributed by atoms with E-state index in [2.05, 4.69) is 4.85 Å². The summed E-state index contributed by atoms with van der Waals surface area (Å²) in [5.74, 6) is -0.443. The van der Waals surface area contributed by atoms with Crippen LogP contribution in [0.5, 0.6) is 0 Å². The molecule has 0 aliphatic carbocycles. The molecular formula is C7H12N2O2. The molecule has 0 fully saturated rings. The third-order valence-electron chi connectivity index (χ3n) is 1.01. The number of rotatable bonds is 4. The van der Waals surface area contributed by atoms with Crippen LogP contribution in [0, 0.1) is 6.57 Å². The first-order valence-corrected chi connectivity index (χ1v) is 3.30. The number of nitrogens with zero attached hydrogens (tertiary/aromatic N) is 2. The van der Waals surface area contributed by atoms with E-state index >= 15 is 0 Å². The fourth-order valence-electron chi connectivity index (χ4n) is 0.452. The molecule has 0 unspecified atom stereocenters. The second kappa shape index (κ2) is 5.69. The Bertz CT molecular complexity index is 160. The highest BCUT2D eigenvalue weighted by atomic mass is 16.5. The molecule has 0 aromatic rings. The molecule has 0 heterocycles. The van der Waals surface area contributed by atoms with Crippen LogP contribution in [0.3, 0.4) is 0 Å². The van der Waals surface area contributed by atoms with Crippen LogP contribution in [0.25, 0.3) is 4.85 Å². The molecule has 0 N–H and O–H groups in total. The number of ether oxygens (including phenoxy) is 1. The lowest BCUT2D eigenvalue weighted by Crippen LogP contribution is -2.20. The van der Waals surface area contributed by atoms with Crippen molar-refractivity contribution in [2.45, 2.75) is 0 Å². The van der Waals surface area contributed by atoms with E-state index in [0.29, 0.717) is 13.2 Å². The van der Waals surface area contributed by atoms with Crippen molar-refractivity contribution in [1.82, 2.24) is 4.90 Å². The van der Waals surface area contributed by atoms with Gasteiger partial charge in [-0.2, -0.15) is 0 Å². The fourth-order valence-corrected chi connectivity index (χ4v) is 0.452. The number of hydrogen-bond acceptors (Lipinski definition) is 3. The molecule has 0 saturated carbocycles. The summed E-state index contributed by atoms with van der Waals surface area (Å²) in [5.41, 5.74) is 0. The van der Waals surface area contributed by atoms with Gasteiger partial charge < -0.3 is 14.5 Å². The first kappa shape index (κ1) is 9.92. The quantitative estimate of drug-likeness (QED) is 0.424. The molecule has 0 spiro atoms. The van der Waals surface area contributed by atoms with Gasteiger partial charge in [-0.15, -0.1) is 0 Å². The minimum absolute atomic E-state index is 0.173. The van der Waals surface area contributed by atoms with E-state index in [0.717, 1.165) is 0 Å². The molecule has 0 saturated heterocycles. The van der Waals surface area contributed by atoms with Crippen LogP contribution in [0.15, 0.2) is 0 Å². The summed E-state index contributed by atoms with van der Waals surface area (Å²) in [6, 6.07) is 0. The highest BCUT2D eigenvalue weighted by Gasteiger charge is 2.03. The van der Waals surface area contributed by atoms with Gasteiger partial charge in [0.05, 0.1) is 0 Å². The van der Waals surface area contributed by atoms with Gasteiger partial charge in [0.15, 0.2) is 0 Å². The smallest absolute Gasteiger partial charge is 0.387 e. The second-order valence-electron chi connectivity index (χ2n) is 2.34. The molecule has 0 radical (unpaired) electrons. The molecular weight excluding hydrogens is 144 g/mol. The van der Waals surface area contributed by atoms with E-state index in [1.54, 1.807) is 0 Å². The SMILES string of the molecule is [C-]#[N+]CC(=O)OCCN(C)C. The van der Waals surface area contributed by atoms with Crippen LogP contribution in [-0.4, -0.2) is 44.7 Å². The van der Waals surface area contributed by atoms with E-state index < -0.39 is 5.97 Å². The second-order valence-corrected chi connectivity index (χ2v) is 2.34. The fraction of sp³-hybridized carbons (Fsp3) is 0.714. The van der Waals surface area contributed by atoms with E-state index in [4.69, 9.17) is 11.3 Å². The molecule has 0 aliphatic rings. The van der Waals surface area contributed by atoms with E-state index in [1.165, 1.54) is 0 Å². The van der Waals surface area contributed by atoms with Crippen molar-refractivity contribution in [3.8, 4) is 0 Å². The predicted octanol–water partition coefficient (Wildman–Crippen LogP) is 0.0105. The van der Waals surface area contributed by atoms with Crippen LogP contribution < -0.4 is 0 Å². The monoisotopic (exact) mass is 156 g/mol. The molecule has 62 valence electrons. The molecule has 0 rings (SSSR count). The van der Waals surface area contributed by atoms with Crippen molar-refractivity contribution in [1.29, 1.82) is 0 Å². The van der Waals surface area contributed by atoms with Crippen molar-refractivity contribution in [3.63, 3.8) is 0 Å². The Morgan fingerprint density at radius 1 is 1.64 bits per heavy atom. The van der Waals surface area contributed by atoms with Crippen molar-refractivity contribution in [2.75, 3.05) is 33.8 Å². The highest BCUT2D eigenvalue weighted by Crippen LogP contribution is 1.81. The van der Waals surface area contributed by atoms with Gasteiger partial charge in [-0.05, 0) is 14.1 Å². The number of esters is 1. The third kappa shape index (κ3) is 6.81. The first-order chi connectivity index (χ1) is 5.16. The van der Waals surface area contributed by atoms with E-state index in [9.17, 15) is 4.79 Å². The minimum atomic E-state index is -0.443. The maximum absolute atomic E-state index is 10.6. The van der Waals surface area contributed by atoms with E-state index in [-0.39, 0.29) is 6.54 Å². The summed E-state index contributed by atoms with van der Waals surface area (Å²) in [4.78, 5) is 15.4. The largest absolute Gasteiger partial charge is 0.459 e. The number of carbonyl (C=O) groups excluding carboxylic acids is 1. The Morgan fingerprint density at radius 2 is 2.27 bits per heavy atom. The zero-order valence-electron chi connectivity index (χ0n) is 6.83. The van der Waals surface area contributed by atoms with Crippen molar-refractivity contribution < 1.29 is 9.53 Å². The number of likely N-dealkylation sites (N-methyl/N-ethyl adjacent to an activating group) is 1. The topological polar surface area (TPSA) is 33.9 Å². The van der Waals surface area contributed by atoms with Gasteiger partial charge in [0.25, 0.3) is 0 Å². The molecule has 0 atom stereocenters. The normalized spacial score (nSPS) is 9.27. The van der Waals surface area contributed by atoms with Crippen LogP contribution in [-0.2, 0) is 9.53 Å². The van der Waals surface area contributed by atoms with Gasteiger partial charge in [0, 0.05) is 6.54 Å². The van der Waals surface area contributed by atoms with Gasteiger partial charge in [-0.1, -0.05) is 0 Å². The zero-order chi connectivity index (χ0) is 8.69. The molecule has 0 aromatic heterocycles. The highest BCUT2D eigenvalue weighted by molar-refractivity contribution is 5.73. The Morgan fingerprint density at radius 3 is 2.73 bits per heavy atom. The van der Waals surface area contributed by atoms with Gasteiger partial charge in [-0.3, -0.25) is 0 Å². The molecule has 0 aliphatic heterocycles. The third-order valence-corrected chi connectivity index (χ3v) is 1.01. The summed E-state index contributed by atoms with van der Waals surface area (Å²) in [5, 5.41) is 0. The summed E-state index contributed by atoms with van der Waals surface area (Å²) >= 11 is 0. The van der Waals surface area contributed by atoms with Gasteiger partial charge in [0.2, 0.25) is 0 Å². The minimum Gasteiger partial charge on any atom is -0.459 e. The van der Waals surface area contributed by atoms with Crippen LogP contribution in [0.1, 0.15) is 0 Å². The first-order valence-electron chi connectivity index (χ1n) is 3.30. The number of carbonyl (C=O) groups is 1. The van der Waals surface area contributed by atoms with Crippen LogP contribution in [0.2, 0.25) is 0 Å². The summed E-state index contributed by atoms with van der Waals surface area (Å²) in [6.07, 6.45) is 0. The lowest BCUT2D eigenvalue weighted by atomic mass is 10.6. The van der Waals surface area contributed by atoms with E-state index in [1.807, 2.05) is 19.0 Å². The maximum Gasteiger partial charge on any atom is 0.387 e. The van der Waals surface area contributed by atoms with Gasteiger partial charge in [-0.25, -0.2) is 11.4 Å². The Kier molecular flexibility index (Phi) is 5.13. The molecule has 0 bridgehead atoms. The van der Waals surface area contributed by atoms with Crippen molar-refractivity contribution in [3.05, 3.63) is 11.4 Å². The average Bonchev–Trinajstić information content (AvgIpc) is 1.87. The molecule has 4 heteroatoms. The van der Waals surface area contributed by atoms with Gasteiger partial charge >= 0.3 is 12.5 Å². The average molecular weight is 156 g/mol. The summed E-state index contributed by atoms with van der Waals surface area (Å²) in [7, 11) is 3.78. The summed E-state index contributed by atoms with van der Waals surface area (Å²) in [6.45, 7) is 7.25. The standard InChI is InChI=1S/C7H12N2O2/c1-8-6-7(10)11-5-4-9(2)3/h4-6H2,2-3H3. The Hall–Kier alpha value is -1.08.